The van der Waals surface area contributed by atoms with Crippen LogP contribution in [0.2, 0.25) is 0 Å². The van der Waals surface area contributed by atoms with E-state index < -0.39 is 0 Å². The second-order valence-corrected chi connectivity index (χ2v) is 5.89. The molecule has 1 aromatic heterocycles. The fraction of sp³-hybridized carbons (Fsp3) is 0.389. The first-order valence-electron chi connectivity index (χ1n) is 7.80. The van der Waals surface area contributed by atoms with Crippen LogP contribution in [0.1, 0.15) is 25.5 Å². The van der Waals surface area contributed by atoms with Crippen LogP contribution in [0.3, 0.4) is 0 Å². The Morgan fingerprint density at radius 1 is 1.10 bits per heavy atom. The molecule has 3 nitrogen and oxygen atoms in total. The van der Waals surface area contributed by atoms with Gasteiger partial charge in [0.1, 0.15) is 0 Å². The van der Waals surface area contributed by atoms with Crippen molar-refractivity contribution >= 4 is 11.4 Å². The molecule has 1 aliphatic rings. The van der Waals surface area contributed by atoms with E-state index in [9.17, 15) is 0 Å². The van der Waals surface area contributed by atoms with Crippen molar-refractivity contribution in [2.24, 2.45) is 5.92 Å². The molecule has 2 aromatic rings. The Bertz CT molecular complexity index is 542. The summed E-state index contributed by atoms with van der Waals surface area (Å²) in [6, 6.07) is 14.8. The molecule has 0 bridgehead atoms. The van der Waals surface area contributed by atoms with Gasteiger partial charge in [-0.05, 0) is 55.2 Å². The molecule has 0 atom stereocenters. The SMILES string of the molecule is CC1CCN(c2ccc(NCc3ccccn3)cc2)CC1. The van der Waals surface area contributed by atoms with E-state index in [-0.39, 0.29) is 0 Å². The predicted molar refractivity (Wildman–Crippen MR) is 88.6 cm³/mol. The average Bonchev–Trinajstić information content (AvgIpc) is 2.55. The van der Waals surface area contributed by atoms with Gasteiger partial charge in [-0.25, -0.2) is 0 Å². The molecule has 0 saturated carbocycles. The summed E-state index contributed by atoms with van der Waals surface area (Å²) in [5.74, 6) is 0.876. The number of aromatic nitrogens is 1. The monoisotopic (exact) mass is 281 g/mol. The third-order valence-electron chi connectivity index (χ3n) is 4.22. The van der Waals surface area contributed by atoms with Crippen LogP contribution in [0.4, 0.5) is 11.4 Å². The van der Waals surface area contributed by atoms with Crippen molar-refractivity contribution in [2.75, 3.05) is 23.3 Å². The molecule has 1 fully saturated rings. The summed E-state index contributed by atoms with van der Waals surface area (Å²) in [6.45, 7) is 5.48. The fourth-order valence-corrected chi connectivity index (χ4v) is 2.75. The summed E-state index contributed by atoms with van der Waals surface area (Å²) in [4.78, 5) is 6.81. The molecule has 0 unspecified atom stereocenters. The van der Waals surface area contributed by atoms with Gasteiger partial charge in [0.2, 0.25) is 0 Å². The number of rotatable bonds is 4. The Hall–Kier alpha value is -2.03. The zero-order valence-electron chi connectivity index (χ0n) is 12.6. The lowest BCUT2D eigenvalue weighted by Gasteiger charge is -2.32. The Kier molecular flexibility index (Phi) is 4.39. The van der Waals surface area contributed by atoms with Gasteiger partial charge in [0.25, 0.3) is 0 Å². The topological polar surface area (TPSA) is 28.2 Å². The molecule has 3 rings (SSSR count). The molecule has 0 amide bonds. The highest BCUT2D eigenvalue weighted by Gasteiger charge is 2.15. The van der Waals surface area contributed by atoms with Crippen molar-refractivity contribution in [1.82, 2.24) is 4.98 Å². The zero-order valence-corrected chi connectivity index (χ0v) is 12.6. The van der Waals surface area contributed by atoms with Crippen LogP contribution in [0.5, 0.6) is 0 Å². The lowest BCUT2D eigenvalue weighted by molar-refractivity contribution is 0.438. The second-order valence-electron chi connectivity index (χ2n) is 5.89. The molecule has 1 N–H and O–H groups in total. The number of hydrogen-bond donors (Lipinski definition) is 1. The summed E-state index contributed by atoms with van der Waals surface area (Å²) < 4.78 is 0. The summed E-state index contributed by atoms with van der Waals surface area (Å²) >= 11 is 0. The third kappa shape index (κ3) is 3.75. The van der Waals surface area contributed by atoms with E-state index in [1.165, 1.54) is 31.6 Å². The molecule has 21 heavy (non-hydrogen) atoms. The number of nitrogens with zero attached hydrogens (tertiary/aromatic N) is 2. The van der Waals surface area contributed by atoms with E-state index in [0.717, 1.165) is 23.8 Å². The summed E-state index contributed by atoms with van der Waals surface area (Å²) in [6.07, 6.45) is 4.44. The highest BCUT2D eigenvalue weighted by molar-refractivity contribution is 5.55. The highest BCUT2D eigenvalue weighted by Crippen LogP contribution is 2.24. The minimum absolute atomic E-state index is 0.765. The maximum atomic E-state index is 4.32. The molecule has 3 heteroatoms. The van der Waals surface area contributed by atoms with Gasteiger partial charge < -0.3 is 10.2 Å². The molecule has 0 aliphatic carbocycles. The largest absolute Gasteiger partial charge is 0.379 e. The van der Waals surface area contributed by atoms with E-state index in [0.29, 0.717) is 0 Å². The van der Waals surface area contributed by atoms with Gasteiger partial charge in [-0.1, -0.05) is 13.0 Å². The van der Waals surface area contributed by atoms with E-state index in [2.05, 4.69) is 46.4 Å². The fourth-order valence-electron chi connectivity index (χ4n) is 2.75. The summed E-state index contributed by atoms with van der Waals surface area (Å²) in [5, 5.41) is 3.42. The summed E-state index contributed by atoms with van der Waals surface area (Å²) in [7, 11) is 0. The van der Waals surface area contributed by atoms with Gasteiger partial charge in [0.05, 0.1) is 12.2 Å². The highest BCUT2D eigenvalue weighted by atomic mass is 15.1. The minimum Gasteiger partial charge on any atom is -0.379 e. The Balaban J connectivity index is 1.57. The number of pyridine rings is 1. The van der Waals surface area contributed by atoms with Crippen LogP contribution in [-0.4, -0.2) is 18.1 Å². The van der Waals surface area contributed by atoms with Crippen molar-refractivity contribution in [3.05, 3.63) is 54.4 Å². The van der Waals surface area contributed by atoms with Crippen LogP contribution in [0, 0.1) is 5.92 Å². The summed E-state index contributed by atoms with van der Waals surface area (Å²) in [5.41, 5.74) is 3.55. The van der Waals surface area contributed by atoms with Gasteiger partial charge in [0.15, 0.2) is 0 Å². The van der Waals surface area contributed by atoms with E-state index in [4.69, 9.17) is 0 Å². The van der Waals surface area contributed by atoms with Crippen molar-refractivity contribution in [3.8, 4) is 0 Å². The maximum absolute atomic E-state index is 4.32. The lowest BCUT2D eigenvalue weighted by Crippen LogP contribution is -2.32. The van der Waals surface area contributed by atoms with Crippen molar-refractivity contribution in [3.63, 3.8) is 0 Å². The van der Waals surface area contributed by atoms with Crippen LogP contribution in [0.15, 0.2) is 48.7 Å². The van der Waals surface area contributed by atoms with E-state index >= 15 is 0 Å². The van der Waals surface area contributed by atoms with Gasteiger partial charge in [0, 0.05) is 30.7 Å². The molecule has 1 aliphatic heterocycles. The van der Waals surface area contributed by atoms with Crippen LogP contribution >= 0.6 is 0 Å². The minimum atomic E-state index is 0.765. The smallest absolute Gasteiger partial charge is 0.0594 e. The quantitative estimate of drug-likeness (QED) is 0.920. The Morgan fingerprint density at radius 2 is 1.86 bits per heavy atom. The van der Waals surface area contributed by atoms with Gasteiger partial charge >= 0.3 is 0 Å². The normalized spacial score (nSPS) is 16.0. The Labute approximate surface area is 127 Å². The first-order valence-corrected chi connectivity index (χ1v) is 7.80. The molecular formula is C18H23N3. The van der Waals surface area contributed by atoms with Crippen molar-refractivity contribution in [2.45, 2.75) is 26.3 Å². The van der Waals surface area contributed by atoms with E-state index in [1.54, 1.807) is 0 Å². The number of nitrogens with one attached hydrogen (secondary N) is 1. The maximum Gasteiger partial charge on any atom is 0.0594 e. The molecule has 1 saturated heterocycles. The number of piperidine rings is 1. The molecule has 0 radical (unpaired) electrons. The number of hydrogen-bond acceptors (Lipinski definition) is 3. The van der Waals surface area contributed by atoms with Gasteiger partial charge in [-0.2, -0.15) is 0 Å². The average molecular weight is 281 g/mol. The molecule has 1 aromatic carbocycles. The number of anilines is 2. The molecular weight excluding hydrogens is 258 g/mol. The lowest BCUT2D eigenvalue weighted by atomic mass is 9.99. The van der Waals surface area contributed by atoms with E-state index in [1.807, 2.05) is 24.4 Å². The third-order valence-corrected chi connectivity index (χ3v) is 4.22. The predicted octanol–water partition coefficient (Wildman–Crippen LogP) is 3.93. The van der Waals surface area contributed by atoms with Crippen LogP contribution < -0.4 is 10.2 Å². The van der Waals surface area contributed by atoms with Gasteiger partial charge in [-0.3, -0.25) is 4.98 Å². The Morgan fingerprint density at radius 3 is 2.52 bits per heavy atom. The van der Waals surface area contributed by atoms with Gasteiger partial charge in [-0.15, -0.1) is 0 Å². The molecule has 0 spiro atoms. The zero-order chi connectivity index (χ0) is 14.5. The van der Waals surface area contributed by atoms with Crippen LogP contribution in [-0.2, 0) is 6.54 Å². The van der Waals surface area contributed by atoms with Crippen molar-refractivity contribution in [1.29, 1.82) is 0 Å². The second kappa shape index (κ2) is 6.61. The van der Waals surface area contributed by atoms with Crippen LogP contribution in [0.25, 0.3) is 0 Å². The standard InChI is InChI=1S/C18H23N3/c1-15-9-12-21(13-10-15)18-7-5-16(6-8-18)20-14-17-4-2-3-11-19-17/h2-8,11,15,20H,9-10,12-14H2,1H3. The molecule has 110 valence electrons. The molecule has 2 heterocycles. The first-order chi connectivity index (χ1) is 10.3. The van der Waals surface area contributed by atoms with Crippen molar-refractivity contribution < 1.29 is 0 Å². The first kappa shape index (κ1) is 13.9. The number of benzene rings is 1.